The van der Waals surface area contributed by atoms with Gasteiger partial charge in [-0.05, 0) is 75.5 Å². The Bertz CT molecular complexity index is 802. The lowest BCUT2D eigenvalue weighted by Crippen LogP contribution is -2.45. The first-order valence-electron chi connectivity index (χ1n) is 10.1. The summed E-state index contributed by atoms with van der Waals surface area (Å²) in [5.41, 5.74) is 3.57. The Balaban J connectivity index is 1.41. The molecule has 1 amide bonds. The lowest BCUT2D eigenvalue weighted by atomic mass is 9.99. The monoisotopic (exact) mass is 364 g/mol. The topological polar surface area (TPSA) is 43.8 Å². The van der Waals surface area contributed by atoms with Gasteiger partial charge in [0.2, 0.25) is 0 Å². The number of hydrogen-bond donors (Lipinski definition) is 1. The number of benzene rings is 2. The molecule has 2 aliphatic rings. The van der Waals surface area contributed by atoms with Crippen molar-refractivity contribution in [2.75, 3.05) is 26.2 Å². The van der Waals surface area contributed by atoms with Gasteiger partial charge >= 0.3 is 0 Å². The predicted molar refractivity (Wildman–Crippen MR) is 108 cm³/mol. The molecule has 0 unspecified atom stereocenters. The molecule has 2 fully saturated rings. The standard InChI is InChI=1S/C23H28N2O2/c1-17-4-9-22(26)21(16-17)18-5-7-19(8-6-18)23(27)25-14-10-20(11-15-25)24-12-2-3-13-24/h4-9,16,20,26H,2-3,10-15H2,1H3. The highest BCUT2D eigenvalue weighted by molar-refractivity contribution is 5.95. The van der Waals surface area contributed by atoms with Crippen LogP contribution in [0.15, 0.2) is 42.5 Å². The van der Waals surface area contributed by atoms with Crippen LogP contribution in [0, 0.1) is 6.92 Å². The summed E-state index contributed by atoms with van der Waals surface area (Å²) < 4.78 is 0. The summed E-state index contributed by atoms with van der Waals surface area (Å²) >= 11 is 0. The van der Waals surface area contributed by atoms with Gasteiger partial charge in [0.1, 0.15) is 5.75 Å². The average Bonchev–Trinajstić information content (AvgIpc) is 3.24. The molecule has 0 radical (unpaired) electrons. The molecule has 142 valence electrons. The minimum absolute atomic E-state index is 0.120. The van der Waals surface area contributed by atoms with Crippen molar-refractivity contribution >= 4 is 5.91 Å². The molecule has 1 N–H and O–H groups in total. The largest absolute Gasteiger partial charge is 0.507 e. The van der Waals surface area contributed by atoms with E-state index in [1.165, 1.54) is 25.9 Å². The van der Waals surface area contributed by atoms with Crippen LogP contribution < -0.4 is 0 Å². The molecular formula is C23H28N2O2. The molecule has 4 nitrogen and oxygen atoms in total. The molecule has 0 aliphatic carbocycles. The minimum atomic E-state index is 0.120. The van der Waals surface area contributed by atoms with Gasteiger partial charge in [-0.3, -0.25) is 4.79 Å². The molecule has 0 atom stereocenters. The van der Waals surface area contributed by atoms with Gasteiger partial charge in [0.15, 0.2) is 0 Å². The fourth-order valence-electron chi connectivity index (χ4n) is 4.40. The molecule has 0 saturated carbocycles. The van der Waals surface area contributed by atoms with Gasteiger partial charge in [-0.2, -0.15) is 0 Å². The third kappa shape index (κ3) is 3.86. The zero-order valence-corrected chi connectivity index (χ0v) is 16.0. The second-order valence-electron chi connectivity index (χ2n) is 7.86. The van der Waals surface area contributed by atoms with Crippen molar-refractivity contribution in [3.8, 4) is 16.9 Å². The van der Waals surface area contributed by atoms with Crippen LogP contribution in [0.25, 0.3) is 11.1 Å². The lowest BCUT2D eigenvalue weighted by molar-refractivity contribution is 0.0644. The first-order valence-corrected chi connectivity index (χ1v) is 10.1. The summed E-state index contributed by atoms with van der Waals surface area (Å²) in [4.78, 5) is 17.5. The van der Waals surface area contributed by atoms with Gasteiger partial charge in [-0.15, -0.1) is 0 Å². The maximum atomic E-state index is 12.9. The quantitative estimate of drug-likeness (QED) is 0.893. The second-order valence-corrected chi connectivity index (χ2v) is 7.86. The van der Waals surface area contributed by atoms with E-state index in [0.717, 1.165) is 48.2 Å². The maximum absolute atomic E-state index is 12.9. The van der Waals surface area contributed by atoms with Gasteiger partial charge in [0, 0.05) is 30.3 Å². The van der Waals surface area contributed by atoms with Crippen LogP contribution >= 0.6 is 0 Å². The molecule has 2 aromatic rings. The number of aryl methyl sites for hydroxylation is 1. The summed E-state index contributed by atoms with van der Waals surface area (Å²) in [6.45, 7) is 6.16. The highest BCUT2D eigenvalue weighted by atomic mass is 16.3. The van der Waals surface area contributed by atoms with Crippen LogP contribution in [0.5, 0.6) is 5.75 Å². The number of phenolic OH excluding ortho intramolecular Hbond substituents is 1. The SMILES string of the molecule is Cc1ccc(O)c(-c2ccc(C(=O)N3CCC(N4CCCC4)CC3)cc2)c1. The first kappa shape index (κ1) is 18.1. The Morgan fingerprint density at radius 1 is 0.963 bits per heavy atom. The van der Waals surface area contributed by atoms with Gasteiger partial charge in [-0.25, -0.2) is 0 Å². The maximum Gasteiger partial charge on any atom is 0.253 e. The zero-order chi connectivity index (χ0) is 18.8. The number of piperidine rings is 1. The van der Waals surface area contributed by atoms with Crippen LogP contribution in [0.2, 0.25) is 0 Å². The number of nitrogens with zero attached hydrogens (tertiary/aromatic N) is 2. The Morgan fingerprint density at radius 2 is 1.63 bits per heavy atom. The van der Waals surface area contributed by atoms with Crippen molar-refractivity contribution in [2.45, 2.75) is 38.6 Å². The number of carbonyl (C=O) groups is 1. The third-order valence-electron chi connectivity index (χ3n) is 6.00. The van der Waals surface area contributed by atoms with E-state index in [4.69, 9.17) is 0 Å². The Labute approximate surface area is 161 Å². The molecule has 4 rings (SSSR count). The molecule has 0 aromatic heterocycles. The van der Waals surface area contributed by atoms with E-state index >= 15 is 0 Å². The summed E-state index contributed by atoms with van der Waals surface area (Å²) in [5, 5.41) is 10.1. The van der Waals surface area contributed by atoms with Crippen LogP contribution in [0.4, 0.5) is 0 Å². The lowest BCUT2D eigenvalue weighted by Gasteiger charge is -2.36. The van der Waals surface area contributed by atoms with Gasteiger partial charge in [0.25, 0.3) is 5.91 Å². The molecule has 2 aliphatic heterocycles. The highest BCUT2D eigenvalue weighted by Gasteiger charge is 2.28. The van der Waals surface area contributed by atoms with E-state index in [1.807, 2.05) is 48.2 Å². The van der Waals surface area contributed by atoms with E-state index in [2.05, 4.69) is 4.90 Å². The normalized spacial score (nSPS) is 18.8. The number of amides is 1. The van der Waals surface area contributed by atoms with E-state index in [-0.39, 0.29) is 11.7 Å². The van der Waals surface area contributed by atoms with Gasteiger partial charge in [0.05, 0.1) is 0 Å². The molecule has 2 heterocycles. The Hall–Kier alpha value is -2.33. The van der Waals surface area contributed by atoms with Crippen LogP contribution in [0.3, 0.4) is 0 Å². The van der Waals surface area contributed by atoms with Crippen molar-refractivity contribution in [3.05, 3.63) is 53.6 Å². The molecule has 2 aromatic carbocycles. The molecule has 0 spiro atoms. The first-order chi connectivity index (χ1) is 13.1. The van der Waals surface area contributed by atoms with Crippen LogP contribution in [-0.4, -0.2) is 53.0 Å². The molecule has 27 heavy (non-hydrogen) atoms. The van der Waals surface area contributed by atoms with Crippen molar-refractivity contribution in [1.29, 1.82) is 0 Å². The number of phenols is 1. The number of aromatic hydroxyl groups is 1. The van der Waals surface area contributed by atoms with Gasteiger partial charge in [-0.1, -0.05) is 23.8 Å². The minimum Gasteiger partial charge on any atom is -0.507 e. The smallest absolute Gasteiger partial charge is 0.253 e. The number of carbonyl (C=O) groups excluding carboxylic acids is 1. The van der Waals surface area contributed by atoms with E-state index in [0.29, 0.717) is 6.04 Å². The van der Waals surface area contributed by atoms with Crippen molar-refractivity contribution in [1.82, 2.24) is 9.80 Å². The predicted octanol–water partition coefficient (Wildman–Crippen LogP) is 4.07. The van der Waals surface area contributed by atoms with E-state index < -0.39 is 0 Å². The molecular weight excluding hydrogens is 336 g/mol. The Morgan fingerprint density at radius 3 is 2.30 bits per heavy atom. The summed E-state index contributed by atoms with van der Waals surface area (Å²) in [6, 6.07) is 13.9. The second kappa shape index (κ2) is 7.73. The van der Waals surface area contributed by atoms with Crippen molar-refractivity contribution in [3.63, 3.8) is 0 Å². The summed E-state index contributed by atoms with van der Waals surface area (Å²) in [5.74, 6) is 0.388. The fraction of sp³-hybridized carbons (Fsp3) is 0.435. The van der Waals surface area contributed by atoms with E-state index in [9.17, 15) is 9.90 Å². The Kier molecular flexibility index (Phi) is 5.17. The van der Waals surface area contributed by atoms with Crippen LogP contribution in [0.1, 0.15) is 41.6 Å². The van der Waals surface area contributed by atoms with E-state index in [1.54, 1.807) is 6.07 Å². The number of hydrogen-bond acceptors (Lipinski definition) is 3. The summed E-state index contributed by atoms with van der Waals surface area (Å²) in [7, 11) is 0. The molecule has 0 bridgehead atoms. The van der Waals surface area contributed by atoms with Crippen molar-refractivity contribution < 1.29 is 9.90 Å². The van der Waals surface area contributed by atoms with Gasteiger partial charge < -0.3 is 14.9 Å². The molecule has 4 heteroatoms. The highest BCUT2D eigenvalue weighted by Crippen LogP contribution is 2.30. The average molecular weight is 364 g/mol. The third-order valence-corrected chi connectivity index (χ3v) is 6.00. The number of rotatable bonds is 3. The molecule has 2 saturated heterocycles. The summed E-state index contributed by atoms with van der Waals surface area (Å²) in [6.07, 6.45) is 4.81. The van der Waals surface area contributed by atoms with Crippen molar-refractivity contribution in [2.24, 2.45) is 0 Å². The van der Waals surface area contributed by atoms with Crippen LogP contribution in [-0.2, 0) is 0 Å². The number of likely N-dealkylation sites (tertiary alicyclic amines) is 2. The zero-order valence-electron chi connectivity index (χ0n) is 16.0. The fourth-order valence-corrected chi connectivity index (χ4v) is 4.40.